The third-order valence-electron chi connectivity index (χ3n) is 9.34. The van der Waals surface area contributed by atoms with Crippen LogP contribution in [0.3, 0.4) is 0 Å². The predicted octanol–water partition coefficient (Wildman–Crippen LogP) is 4.01. The Labute approximate surface area is 191 Å². The molecule has 5 saturated carbocycles. The molecule has 180 valence electrons. The van der Waals surface area contributed by atoms with Crippen LogP contribution in [0.25, 0.3) is 0 Å². The van der Waals surface area contributed by atoms with E-state index in [4.69, 9.17) is 24.3 Å². The smallest absolute Gasteiger partial charge is 0.239 e. The molecule has 0 aromatic carbocycles. The lowest BCUT2D eigenvalue weighted by molar-refractivity contribution is -0.680. The lowest BCUT2D eigenvalue weighted by Gasteiger charge is -2.60. The third-order valence-corrected chi connectivity index (χ3v) is 9.34. The van der Waals surface area contributed by atoms with Crippen molar-refractivity contribution >= 4 is 5.78 Å². The zero-order chi connectivity index (χ0) is 21.6. The summed E-state index contributed by atoms with van der Waals surface area (Å²) in [5.74, 6) is 1.85. The van der Waals surface area contributed by atoms with Gasteiger partial charge >= 0.3 is 0 Å². The lowest BCUT2D eigenvalue weighted by Crippen LogP contribution is -2.64. The fourth-order valence-electron chi connectivity index (χ4n) is 7.66. The Bertz CT molecular complexity index is 644. The molecule has 7 heteroatoms. The molecule has 7 nitrogen and oxygen atoms in total. The molecule has 0 radical (unpaired) electrons. The average Bonchev–Trinajstić information content (AvgIpc) is 2.81. The van der Waals surface area contributed by atoms with Crippen LogP contribution in [0.4, 0.5) is 0 Å². The molecular weight excluding hydrogens is 410 g/mol. The van der Waals surface area contributed by atoms with Crippen molar-refractivity contribution in [1.82, 2.24) is 4.90 Å². The number of ketones is 1. The summed E-state index contributed by atoms with van der Waals surface area (Å²) in [6.07, 6.45) is 11.7. The number of hydrogen-bond acceptors (Lipinski definition) is 7. The van der Waals surface area contributed by atoms with Crippen molar-refractivity contribution < 1.29 is 29.1 Å². The minimum absolute atomic E-state index is 0.393. The molecule has 5 aliphatic carbocycles. The van der Waals surface area contributed by atoms with Crippen LogP contribution in [0.5, 0.6) is 0 Å². The van der Waals surface area contributed by atoms with Gasteiger partial charge in [0.25, 0.3) is 0 Å². The Balaban J connectivity index is 0.942. The molecule has 0 aromatic rings. The molecule has 4 bridgehead atoms. The maximum atomic E-state index is 12.5. The molecule has 7 rings (SSSR count). The van der Waals surface area contributed by atoms with Crippen LogP contribution in [-0.2, 0) is 29.1 Å². The first-order chi connectivity index (χ1) is 15.6. The van der Waals surface area contributed by atoms with Gasteiger partial charge in [-0.2, -0.15) is 19.6 Å². The van der Waals surface area contributed by atoms with Gasteiger partial charge < -0.3 is 4.74 Å². The van der Waals surface area contributed by atoms with Gasteiger partial charge in [-0.1, -0.05) is 0 Å². The molecule has 0 atom stereocenters. The van der Waals surface area contributed by atoms with Crippen LogP contribution < -0.4 is 0 Å². The number of carbonyl (C=O) groups is 1. The summed E-state index contributed by atoms with van der Waals surface area (Å²) < 4.78 is 5.39. The Morgan fingerprint density at radius 3 is 2.09 bits per heavy atom. The Kier molecular flexibility index (Phi) is 6.10. The van der Waals surface area contributed by atoms with Crippen molar-refractivity contribution in [3.8, 4) is 0 Å². The SMILES string of the molecule is O=C(CCCN1CCOCC1)CC1CCC2(CC1)OOC1(OO2)C2CC3CC(C2)CC1C3. The normalized spacial score (nSPS) is 46.2. The molecule has 2 aliphatic heterocycles. The monoisotopic (exact) mass is 449 g/mol. The summed E-state index contributed by atoms with van der Waals surface area (Å²) in [5.41, 5.74) is 0. The summed E-state index contributed by atoms with van der Waals surface area (Å²) in [4.78, 5) is 39.2. The van der Waals surface area contributed by atoms with E-state index < -0.39 is 11.6 Å². The maximum absolute atomic E-state index is 12.5. The van der Waals surface area contributed by atoms with Gasteiger partial charge in [0.2, 0.25) is 11.6 Å². The largest absolute Gasteiger partial charge is 0.379 e. The topological polar surface area (TPSA) is 66.5 Å². The fraction of sp³-hybridized carbons (Fsp3) is 0.960. The van der Waals surface area contributed by atoms with Gasteiger partial charge in [0.1, 0.15) is 5.78 Å². The Morgan fingerprint density at radius 2 is 1.47 bits per heavy atom. The van der Waals surface area contributed by atoms with E-state index in [2.05, 4.69) is 4.90 Å². The summed E-state index contributed by atoms with van der Waals surface area (Å²) in [6.45, 7) is 4.63. The first-order valence-corrected chi connectivity index (χ1v) is 13.2. The highest BCUT2D eigenvalue weighted by molar-refractivity contribution is 5.78. The molecule has 32 heavy (non-hydrogen) atoms. The van der Waals surface area contributed by atoms with Crippen molar-refractivity contribution in [2.45, 2.75) is 88.6 Å². The predicted molar refractivity (Wildman–Crippen MR) is 115 cm³/mol. The Hall–Kier alpha value is -0.570. The number of hydrogen-bond donors (Lipinski definition) is 0. The minimum atomic E-state index is -0.782. The zero-order valence-corrected chi connectivity index (χ0v) is 19.3. The van der Waals surface area contributed by atoms with Gasteiger partial charge in [0.15, 0.2) is 0 Å². The summed E-state index contributed by atoms with van der Waals surface area (Å²) in [5, 5.41) is 0. The van der Waals surface area contributed by atoms with Crippen LogP contribution in [0, 0.1) is 29.6 Å². The summed E-state index contributed by atoms with van der Waals surface area (Å²) in [7, 11) is 0. The van der Waals surface area contributed by atoms with E-state index in [0.29, 0.717) is 36.4 Å². The number of carbonyl (C=O) groups excluding carboxylic acids is 1. The van der Waals surface area contributed by atoms with E-state index in [9.17, 15) is 4.79 Å². The second-order valence-electron chi connectivity index (χ2n) is 11.5. The van der Waals surface area contributed by atoms with Crippen LogP contribution in [0.2, 0.25) is 0 Å². The first kappa shape index (κ1) is 21.9. The molecule has 0 aromatic heterocycles. The molecule has 7 fully saturated rings. The van der Waals surface area contributed by atoms with E-state index in [1.807, 2.05) is 0 Å². The van der Waals surface area contributed by atoms with Crippen LogP contribution in [0.1, 0.15) is 77.0 Å². The van der Waals surface area contributed by atoms with Crippen LogP contribution in [-0.4, -0.2) is 55.1 Å². The van der Waals surface area contributed by atoms with Gasteiger partial charge in [-0.15, -0.1) is 0 Å². The molecule has 2 heterocycles. The van der Waals surface area contributed by atoms with Crippen LogP contribution in [0.15, 0.2) is 0 Å². The zero-order valence-electron chi connectivity index (χ0n) is 19.3. The van der Waals surface area contributed by atoms with Crippen molar-refractivity contribution in [3.63, 3.8) is 0 Å². The van der Waals surface area contributed by atoms with E-state index in [-0.39, 0.29) is 0 Å². The molecule has 2 spiro atoms. The van der Waals surface area contributed by atoms with Gasteiger partial charge in [-0.05, 0) is 75.7 Å². The molecular formula is C25H39NO6. The number of Topliss-reactive ketones (excluding diaryl/α,β-unsaturated/α-hetero) is 1. The molecule has 7 aliphatic rings. The van der Waals surface area contributed by atoms with Crippen molar-refractivity contribution in [1.29, 1.82) is 0 Å². The number of morpholine rings is 1. The summed E-state index contributed by atoms with van der Waals surface area (Å²) >= 11 is 0. The standard InChI is InChI=1S/C25H39NO6/c27-23(2-1-7-26-8-10-28-11-9-26)17-18-3-5-24(6-4-18)29-31-25(32-30-24)21-13-19-12-20(15-21)16-22(25)14-19/h18-22H,1-17H2. The highest BCUT2D eigenvalue weighted by atomic mass is 17.4. The Morgan fingerprint density at radius 1 is 0.844 bits per heavy atom. The number of nitrogens with zero attached hydrogens (tertiary/aromatic N) is 1. The number of ether oxygens (including phenoxy) is 1. The highest BCUT2D eigenvalue weighted by Crippen LogP contribution is 2.61. The second-order valence-corrected chi connectivity index (χ2v) is 11.5. The van der Waals surface area contributed by atoms with Gasteiger partial charge in [0, 0.05) is 50.6 Å². The molecule has 2 saturated heterocycles. The minimum Gasteiger partial charge on any atom is -0.379 e. The average molecular weight is 450 g/mol. The molecule has 0 amide bonds. The summed E-state index contributed by atoms with van der Waals surface area (Å²) in [6, 6.07) is 0. The third kappa shape index (κ3) is 4.18. The molecule has 0 N–H and O–H groups in total. The quantitative estimate of drug-likeness (QED) is 0.568. The second kappa shape index (κ2) is 8.90. The van der Waals surface area contributed by atoms with Crippen LogP contribution >= 0.6 is 0 Å². The maximum Gasteiger partial charge on any atom is 0.239 e. The number of rotatable bonds is 6. The van der Waals surface area contributed by atoms with Crippen molar-refractivity contribution in [2.24, 2.45) is 29.6 Å². The van der Waals surface area contributed by atoms with E-state index in [1.165, 1.54) is 32.1 Å². The fourth-order valence-corrected chi connectivity index (χ4v) is 7.66. The van der Waals surface area contributed by atoms with Gasteiger partial charge in [-0.3, -0.25) is 9.69 Å². The lowest BCUT2D eigenvalue weighted by atomic mass is 9.53. The van der Waals surface area contributed by atoms with Crippen molar-refractivity contribution in [2.75, 3.05) is 32.8 Å². The highest BCUT2D eigenvalue weighted by Gasteiger charge is 2.64. The van der Waals surface area contributed by atoms with E-state index in [1.54, 1.807) is 0 Å². The van der Waals surface area contributed by atoms with Gasteiger partial charge in [0.05, 0.1) is 13.2 Å². The molecule has 0 unspecified atom stereocenters. The van der Waals surface area contributed by atoms with E-state index in [0.717, 1.165) is 76.8 Å². The van der Waals surface area contributed by atoms with E-state index >= 15 is 0 Å². The van der Waals surface area contributed by atoms with Crippen molar-refractivity contribution in [3.05, 3.63) is 0 Å². The van der Waals surface area contributed by atoms with Gasteiger partial charge in [-0.25, -0.2) is 0 Å². The first-order valence-electron chi connectivity index (χ1n) is 13.2.